The first-order valence-electron chi connectivity index (χ1n) is 5.04. The van der Waals surface area contributed by atoms with Gasteiger partial charge in [0.25, 0.3) is 0 Å². The fourth-order valence-electron chi connectivity index (χ4n) is 1.64. The molecule has 0 radical (unpaired) electrons. The van der Waals surface area contributed by atoms with E-state index < -0.39 is 11.9 Å². The van der Waals surface area contributed by atoms with Crippen LogP contribution in [0.15, 0.2) is 27.4 Å². The van der Waals surface area contributed by atoms with E-state index in [0.29, 0.717) is 16.7 Å². The topological polar surface area (TPSA) is 81.4 Å². The molecule has 1 heterocycles. The number of hydrogen-bond acceptors (Lipinski definition) is 4. The third-order valence-electron chi connectivity index (χ3n) is 2.66. The number of aromatic nitrogens is 1. The lowest BCUT2D eigenvalue weighted by Crippen LogP contribution is -2.24. The van der Waals surface area contributed by atoms with E-state index in [1.54, 1.807) is 32.2 Å². The smallest absolute Gasteiger partial charge is 0.408 e. The number of aryl methyl sites for hydroxylation is 1. The molecule has 0 saturated heterocycles. The van der Waals surface area contributed by atoms with Crippen LogP contribution in [0.2, 0.25) is 0 Å². The van der Waals surface area contributed by atoms with Gasteiger partial charge in [0.05, 0.1) is 11.6 Å². The largest absolute Gasteiger partial charge is 0.419 e. The molecule has 1 aromatic carbocycles. The van der Waals surface area contributed by atoms with Gasteiger partial charge in [-0.3, -0.25) is 4.57 Å². The van der Waals surface area contributed by atoms with Gasteiger partial charge in [-0.1, -0.05) is 6.07 Å². The Kier molecular flexibility index (Phi) is 2.57. The van der Waals surface area contributed by atoms with E-state index in [2.05, 4.69) is 0 Å². The minimum absolute atomic E-state index is 0.368. The third kappa shape index (κ3) is 1.64. The zero-order valence-electron chi connectivity index (χ0n) is 9.18. The van der Waals surface area contributed by atoms with E-state index in [9.17, 15) is 9.90 Å². The molecule has 5 nitrogen and oxygen atoms in total. The van der Waals surface area contributed by atoms with Gasteiger partial charge >= 0.3 is 5.76 Å². The predicted octanol–water partition coefficient (Wildman–Crippen LogP) is 0.512. The van der Waals surface area contributed by atoms with Crippen LogP contribution < -0.4 is 11.5 Å². The Bertz CT molecular complexity index is 568. The Morgan fingerprint density at radius 3 is 2.81 bits per heavy atom. The van der Waals surface area contributed by atoms with Crippen molar-refractivity contribution in [3.8, 4) is 0 Å². The number of nitrogens with zero attached hydrogens (tertiary/aromatic N) is 1. The van der Waals surface area contributed by atoms with E-state index >= 15 is 0 Å². The Hall–Kier alpha value is -1.59. The van der Waals surface area contributed by atoms with Crippen LogP contribution in [0.25, 0.3) is 11.1 Å². The molecule has 1 aromatic heterocycles. The van der Waals surface area contributed by atoms with Crippen LogP contribution >= 0.6 is 0 Å². The fraction of sp³-hybridized carbons (Fsp3) is 0.364. The van der Waals surface area contributed by atoms with E-state index in [4.69, 9.17) is 10.2 Å². The zero-order valence-corrected chi connectivity index (χ0v) is 9.18. The van der Waals surface area contributed by atoms with Gasteiger partial charge in [0, 0.05) is 13.1 Å². The van der Waals surface area contributed by atoms with Crippen LogP contribution in [0.5, 0.6) is 0 Å². The first kappa shape index (κ1) is 10.9. The second kappa shape index (κ2) is 3.77. The van der Waals surface area contributed by atoms with Gasteiger partial charge in [-0.15, -0.1) is 0 Å². The number of nitrogens with two attached hydrogens (primary N) is 1. The Morgan fingerprint density at radius 2 is 2.19 bits per heavy atom. The van der Waals surface area contributed by atoms with Gasteiger partial charge in [0.15, 0.2) is 5.58 Å². The van der Waals surface area contributed by atoms with Crippen molar-refractivity contribution in [3.63, 3.8) is 0 Å². The molecular formula is C11H14N2O3. The van der Waals surface area contributed by atoms with E-state index in [-0.39, 0.29) is 6.04 Å². The highest BCUT2D eigenvalue weighted by molar-refractivity contribution is 5.73. The van der Waals surface area contributed by atoms with Crippen molar-refractivity contribution in [1.29, 1.82) is 0 Å². The van der Waals surface area contributed by atoms with Crippen LogP contribution in [0.1, 0.15) is 18.6 Å². The van der Waals surface area contributed by atoms with Crippen molar-refractivity contribution in [2.45, 2.75) is 19.1 Å². The average Bonchev–Trinajstić information content (AvgIpc) is 2.53. The summed E-state index contributed by atoms with van der Waals surface area (Å²) in [6, 6.07) is 4.75. The van der Waals surface area contributed by atoms with Gasteiger partial charge in [0.1, 0.15) is 0 Å². The molecule has 2 rings (SSSR count). The lowest BCUT2D eigenvalue weighted by Gasteiger charge is -2.14. The summed E-state index contributed by atoms with van der Waals surface area (Å²) in [4.78, 5) is 11.3. The second-order valence-electron chi connectivity index (χ2n) is 3.96. The van der Waals surface area contributed by atoms with E-state index in [1.165, 1.54) is 4.57 Å². The van der Waals surface area contributed by atoms with Crippen LogP contribution in [0.3, 0.4) is 0 Å². The van der Waals surface area contributed by atoms with Crippen LogP contribution in [0.4, 0.5) is 0 Å². The first-order valence-corrected chi connectivity index (χ1v) is 5.04. The van der Waals surface area contributed by atoms with Crippen molar-refractivity contribution in [1.82, 2.24) is 4.57 Å². The quantitative estimate of drug-likeness (QED) is 0.775. The summed E-state index contributed by atoms with van der Waals surface area (Å²) < 4.78 is 6.44. The monoisotopic (exact) mass is 222 g/mol. The minimum atomic E-state index is -0.755. The minimum Gasteiger partial charge on any atom is -0.408 e. The van der Waals surface area contributed by atoms with Gasteiger partial charge < -0.3 is 15.3 Å². The number of aliphatic hydroxyl groups is 1. The molecule has 0 spiro atoms. The van der Waals surface area contributed by atoms with Gasteiger partial charge in [-0.25, -0.2) is 4.79 Å². The Morgan fingerprint density at radius 1 is 1.50 bits per heavy atom. The Balaban J connectivity index is 2.57. The number of hydrogen-bond donors (Lipinski definition) is 2. The average molecular weight is 222 g/mol. The standard InChI is InChI=1S/C11H14N2O3/c1-6(12)10(14)7-3-4-8-9(5-7)16-11(15)13(8)2/h3-6,10,14H,12H2,1-2H3. The lowest BCUT2D eigenvalue weighted by molar-refractivity contribution is 0.153. The maximum absolute atomic E-state index is 11.3. The Labute approximate surface area is 92.1 Å². The van der Waals surface area contributed by atoms with Gasteiger partial charge in [0.2, 0.25) is 0 Å². The van der Waals surface area contributed by atoms with Crippen LogP contribution in [-0.4, -0.2) is 15.7 Å². The zero-order chi connectivity index (χ0) is 11.9. The molecule has 0 aliphatic heterocycles. The van der Waals surface area contributed by atoms with E-state index in [0.717, 1.165) is 0 Å². The maximum atomic E-state index is 11.3. The molecule has 0 amide bonds. The third-order valence-corrected chi connectivity index (χ3v) is 2.66. The van der Waals surface area contributed by atoms with E-state index in [1.807, 2.05) is 0 Å². The molecule has 5 heteroatoms. The fourth-order valence-corrected chi connectivity index (χ4v) is 1.64. The molecule has 0 aliphatic rings. The molecule has 2 unspecified atom stereocenters. The number of rotatable bonds is 2. The summed E-state index contributed by atoms with van der Waals surface area (Å²) in [7, 11) is 1.63. The molecule has 2 atom stereocenters. The molecule has 2 aromatic rings. The summed E-state index contributed by atoms with van der Waals surface area (Å²) in [5.74, 6) is -0.414. The number of oxazole rings is 1. The molecular weight excluding hydrogens is 208 g/mol. The predicted molar refractivity (Wildman–Crippen MR) is 60.1 cm³/mol. The summed E-state index contributed by atoms with van der Waals surface area (Å²) in [6.45, 7) is 1.72. The normalized spacial score (nSPS) is 15.2. The highest BCUT2D eigenvalue weighted by Gasteiger charge is 2.14. The first-order chi connectivity index (χ1) is 7.50. The van der Waals surface area contributed by atoms with Crippen molar-refractivity contribution in [2.75, 3.05) is 0 Å². The summed E-state index contributed by atoms with van der Waals surface area (Å²) in [6.07, 6.45) is -0.755. The van der Waals surface area contributed by atoms with Crippen molar-refractivity contribution in [2.24, 2.45) is 12.8 Å². The molecule has 3 N–H and O–H groups in total. The highest BCUT2D eigenvalue weighted by atomic mass is 16.4. The number of aliphatic hydroxyl groups excluding tert-OH is 1. The van der Waals surface area contributed by atoms with Crippen molar-refractivity contribution in [3.05, 3.63) is 34.3 Å². The SMILES string of the molecule is CC(N)C(O)c1ccc2c(c1)oc(=O)n2C. The number of fused-ring (bicyclic) bond motifs is 1. The maximum Gasteiger partial charge on any atom is 0.419 e. The molecule has 0 fully saturated rings. The molecule has 86 valence electrons. The van der Waals surface area contributed by atoms with Crippen LogP contribution in [-0.2, 0) is 7.05 Å². The molecule has 0 bridgehead atoms. The highest BCUT2D eigenvalue weighted by Crippen LogP contribution is 2.20. The van der Waals surface area contributed by atoms with Gasteiger partial charge in [-0.2, -0.15) is 0 Å². The molecule has 0 saturated carbocycles. The summed E-state index contributed by atoms with van der Waals surface area (Å²) in [5.41, 5.74) is 7.41. The second-order valence-corrected chi connectivity index (χ2v) is 3.96. The molecule has 0 aliphatic carbocycles. The van der Waals surface area contributed by atoms with Crippen molar-refractivity contribution >= 4 is 11.1 Å². The number of benzene rings is 1. The summed E-state index contributed by atoms with van der Waals surface area (Å²) in [5, 5.41) is 9.78. The van der Waals surface area contributed by atoms with Crippen LogP contribution in [0, 0.1) is 0 Å². The molecule has 16 heavy (non-hydrogen) atoms. The lowest BCUT2D eigenvalue weighted by atomic mass is 10.0. The summed E-state index contributed by atoms with van der Waals surface area (Å²) >= 11 is 0. The van der Waals surface area contributed by atoms with Crippen molar-refractivity contribution < 1.29 is 9.52 Å². The van der Waals surface area contributed by atoms with Gasteiger partial charge in [-0.05, 0) is 24.6 Å².